The topological polar surface area (TPSA) is 145 Å². The van der Waals surface area contributed by atoms with E-state index in [0.29, 0.717) is 68.3 Å². The number of nitriles is 1. The number of hydrogen-bond acceptors (Lipinski definition) is 10. The molecule has 4 rings (SSSR count). The fourth-order valence-electron chi connectivity index (χ4n) is 2.82. The van der Waals surface area contributed by atoms with Gasteiger partial charge in [-0.05, 0) is 0 Å². The second kappa shape index (κ2) is 7.93. The van der Waals surface area contributed by atoms with E-state index in [1.54, 1.807) is 29.4 Å². The lowest BCUT2D eigenvalue weighted by molar-refractivity contribution is 0.122. The maximum absolute atomic E-state index is 8.89. The van der Waals surface area contributed by atoms with Crippen molar-refractivity contribution < 1.29 is 4.74 Å². The molecule has 1 aliphatic heterocycles. The zero-order chi connectivity index (χ0) is 19.3. The fraction of sp³-hybridized carbons (Fsp3) is 0.353. The van der Waals surface area contributed by atoms with Crippen LogP contribution in [0.1, 0.15) is 12.2 Å². The van der Waals surface area contributed by atoms with E-state index in [9.17, 15) is 0 Å². The van der Waals surface area contributed by atoms with E-state index in [1.165, 1.54) is 0 Å². The fourth-order valence-corrected chi connectivity index (χ4v) is 2.82. The predicted molar refractivity (Wildman–Crippen MR) is 99.4 cm³/mol. The molecule has 0 amide bonds. The first-order valence-corrected chi connectivity index (χ1v) is 8.81. The van der Waals surface area contributed by atoms with Gasteiger partial charge in [0.15, 0.2) is 5.82 Å². The third kappa shape index (κ3) is 3.72. The summed E-state index contributed by atoms with van der Waals surface area (Å²) in [5, 5.41) is 8.89. The molecular formula is C17H18N10O. The first kappa shape index (κ1) is 17.7. The largest absolute Gasteiger partial charge is 0.378 e. The average Bonchev–Trinajstić information content (AvgIpc) is 3.22. The van der Waals surface area contributed by atoms with Crippen LogP contribution in [0.4, 0.5) is 11.9 Å². The van der Waals surface area contributed by atoms with E-state index in [-0.39, 0.29) is 5.95 Å². The van der Waals surface area contributed by atoms with Gasteiger partial charge in [0.2, 0.25) is 17.8 Å². The molecule has 28 heavy (non-hydrogen) atoms. The predicted octanol–water partition coefficient (Wildman–Crippen LogP) is 0.389. The van der Waals surface area contributed by atoms with E-state index < -0.39 is 0 Å². The molecule has 11 heteroatoms. The van der Waals surface area contributed by atoms with Crippen molar-refractivity contribution in [2.24, 2.45) is 0 Å². The summed E-state index contributed by atoms with van der Waals surface area (Å²) in [5.41, 5.74) is 6.22. The summed E-state index contributed by atoms with van der Waals surface area (Å²) >= 11 is 0. The Balaban J connectivity index is 1.79. The van der Waals surface area contributed by atoms with Gasteiger partial charge in [-0.2, -0.15) is 20.2 Å². The van der Waals surface area contributed by atoms with Crippen molar-refractivity contribution in [1.82, 2.24) is 34.5 Å². The van der Waals surface area contributed by atoms with E-state index in [2.05, 4.69) is 36.0 Å². The summed E-state index contributed by atoms with van der Waals surface area (Å²) in [4.78, 5) is 28.2. The summed E-state index contributed by atoms with van der Waals surface area (Å²) in [6.07, 6.45) is 7.45. The smallest absolute Gasteiger partial charge is 0.240 e. The molecule has 3 aromatic rings. The van der Waals surface area contributed by atoms with Gasteiger partial charge in [0.05, 0.1) is 24.8 Å². The monoisotopic (exact) mass is 378 g/mol. The Hall–Kier alpha value is -3.65. The van der Waals surface area contributed by atoms with Crippen LogP contribution in [0, 0.1) is 11.3 Å². The molecule has 1 fully saturated rings. The molecule has 0 spiro atoms. The van der Waals surface area contributed by atoms with Gasteiger partial charge >= 0.3 is 0 Å². The van der Waals surface area contributed by atoms with Crippen LogP contribution in [0.15, 0.2) is 24.8 Å². The standard InChI is InChI=1S/C17H18N10O/c18-3-1-2-13-20-4-5-27(13)17-24-14(12-10-21-15(19)22-11-12)23-16(25-17)26-6-8-28-9-7-26/h4-5,10-11H,1-2,6-9H2,(H2,19,21,22). The van der Waals surface area contributed by atoms with E-state index in [0.717, 1.165) is 0 Å². The minimum atomic E-state index is 0.180. The van der Waals surface area contributed by atoms with Crippen LogP contribution >= 0.6 is 0 Å². The molecule has 11 nitrogen and oxygen atoms in total. The molecule has 1 saturated heterocycles. The summed E-state index contributed by atoms with van der Waals surface area (Å²) in [6, 6.07) is 2.13. The lowest BCUT2D eigenvalue weighted by Crippen LogP contribution is -2.37. The number of aryl methyl sites for hydroxylation is 1. The van der Waals surface area contributed by atoms with Gasteiger partial charge in [0.1, 0.15) is 5.82 Å². The van der Waals surface area contributed by atoms with Crippen molar-refractivity contribution in [2.75, 3.05) is 36.9 Å². The molecule has 0 aromatic carbocycles. The number of aromatic nitrogens is 7. The Bertz CT molecular complexity index is 988. The second-order valence-corrected chi connectivity index (χ2v) is 6.06. The number of nitrogen functional groups attached to an aromatic ring is 1. The van der Waals surface area contributed by atoms with Gasteiger partial charge in [-0.15, -0.1) is 0 Å². The Kier molecular flexibility index (Phi) is 5.03. The number of ether oxygens (including phenoxy) is 1. The highest BCUT2D eigenvalue weighted by molar-refractivity contribution is 5.55. The van der Waals surface area contributed by atoms with E-state index in [4.69, 9.17) is 15.7 Å². The Morgan fingerprint density at radius 3 is 2.57 bits per heavy atom. The number of anilines is 2. The zero-order valence-electron chi connectivity index (χ0n) is 15.1. The van der Waals surface area contributed by atoms with E-state index in [1.807, 2.05) is 4.90 Å². The van der Waals surface area contributed by atoms with Gasteiger partial charge in [-0.3, -0.25) is 4.57 Å². The van der Waals surface area contributed by atoms with Gasteiger partial charge in [0.25, 0.3) is 0 Å². The van der Waals surface area contributed by atoms with Crippen molar-refractivity contribution in [3.63, 3.8) is 0 Å². The quantitative estimate of drug-likeness (QED) is 0.661. The second-order valence-electron chi connectivity index (χ2n) is 6.06. The summed E-state index contributed by atoms with van der Waals surface area (Å²) in [6.45, 7) is 2.60. The highest BCUT2D eigenvalue weighted by Crippen LogP contribution is 2.20. The zero-order valence-corrected chi connectivity index (χ0v) is 15.1. The van der Waals surface area contributed by atoms with Gasteiger partial charge < -0.3 is 15.4 Å². The molecule has 0 radical (unpaired) electrons. The molecule has 142 valence electrons. The average molecular weight is 378 g/mol. The van der Waals surface area contributed by atoms with Crippen LogP contribution in [0.25, 0.3) is 17.3 Å². The first-order chi connectivity index (χ1) is 13.7. The molecule has 4 heterocycles. The van der Waals surface area contributed by atoms with Crippen LogP contribution < -0.4 is 10.6 Å². The number of nitrogens with zero attached hydrogens (tertiary/aromatic N) is 9. The van der Waals surface area contributed by atoms with Crippen LogP contribution in [0.3, 0.4) is 0 Å². The number of morpholine rings is 1. The normalized spacial score (nSPS) is 14.0. The summed E-state index contributed by atoms with van der Waals surface area (Å²) in [5.74, 6) is 2.29. The van der Waals surface area contributed by atoms with E-state index >= 15 is 0 Å². The number of nitrogens with two attached hydrogens (primary N) is 1. The first-order valence-electron chi connectivity index (χ1n) is 8.81. The molecule has 1 aliphatic rings. The minimum absolute atomic E-state index is 0.180. The van der Waals surface area contributed by atoms with Crippen LogP contribution in [-0.4, -0.2) is 60.8 Å². The van der Waals surface area contributed by atoms with Crippen LogP contribution in [0.5, 0.6) is 0 Å². The molecular weight excluding hydrogens is 360 g/mol. The minimum Gasteiger partial charge on any atom is -0.378 e. The molecule has 0 atom stereocenters. The van der Waals surface area contributed by atoms with Gasteiger partial charge in [-0.25, -0.2) is 15.0 Å². The maximum Gasteiger partial charge on any atom is 0.240 e. The highest BCUT2D eigenvalue weighted by atomic mass is 16.5. The Morgan fingerprint density at radius 1 is 1.07 bits per heavy atom. The van der Waals surface area contributed by atoms with Crippen LogP contribution in [-0.2, 0) is 11.2 Å². The molecule has 2 N–H and O–H groups in total. The van der Waals surface area contributed by atoms with Crippen molar-refractivity contribution in [2.45, 2.75) is 12.8 Å². The van der Waals surface area contributed by atoms with Crippen molar-refractivity contribution in [1.29, 1.82) is 5.26 Å². The Labute approximate surface area is 160 Å². The maximum atomic E-state index is 8.89. The number of hydrogen-bond donors (Lipinski definition) is 1. The lowest BCUT2D eigenvalue weighted by atomic mass is 10.3. The molecule has 0 aliphatic carbocycles. The third-order valence-electron chi connectivity index (χ3n) is 4.23. The van der Waals surface area contributed by atoms with Crippen molar-refractivity contribution >= 4 is 11.9 Å². The molecule has 0 unspecified atom stereocenters. The lowest BCUT2D eigenvalue weighted by Gasteiger charge is -2.27. The summed E-state index contributed by atoms with van der Waals surface area (Å²) < 4.78 is 7.19. The third-order valence-corrected chi connectivity index (χ3v) is 4.23. The summed E-state index contributed by atoms with van der Waals surface area (Å²) in [7, 11) is 0. The van der Waals surface area contributed by atoms with Crippen LogP contribution in [0.2, 0.25) is 0 Å². The molecule has 3 aromatic heterocycles. The van der Waals surface area contributed by atoms with Crippen molar-refractivity contribution in [3.8, 4) is 23.4 Å². The highest BCUT2D eigenvalue weighted by Gasteiger charge is 2.19. The van der Waals surface area contributed by atoms with Gasteiger partial charge in [0, 0.05) is 50.7 Å². The number of imidazole rings is 1. The Morgan fingerprint density at radius 2 is 1.82 bits per heavy atom. The number of rotatable bonds is 5. The van der Waals surface area contributed by atoms with Crippen molar-refractivity contribution in [3.05, 3.63) is 30.6 Å². The molecule has 0 saturated carbocycles. The SMILES string of the molecule is N#CCCc1nccn1-c1nc(-c2cnc(N)nc2)nc(N2CCOCC2)n1. The molecule has 0 bridgehead atoms. The van der Waals surface area contributed by atoms with Gasteiger partial charge in [-0.1, -0.05) is 0 Å².